The van der Waals surface area contributed by atoms with Gasteiger partial charge in [-0.25, -0.2) is 4.57 Å². The summed E-state index contributed by atoms with van der Waals surface area (Å²) in [6.07, 6.45) is 0. The van der Waals surface area contributed by atoms with Crippen LogP contribution in [0.1, 0.15) is 34.6 Å². The number of hydrogen-bond donors (Lipinski definition) is 0. The highest BCUT2D eigenvalue weighted by atomic mass is 35.5. The molecule has 0 bridgehead atoms. The number of phosphoric acid groups is 1. The lowest BCUT2D eigenvalue weighted by Gasteiger charge is -2.29. The zero-order chi connectivity index (χ0) is 18.4. The van der Waals surface area contributed by atoms with Gasteiger partial charge in [-0.2, -0.15) is 0 Å². The van der Waals surface area contributed by atoms with Crippen LogP contribution >= 0.6 is 61.8 Å². The van der Waals surface area contributed by atoms with Gasteiger partial charge in [0.1, 0.15) is 22.3 Å². The van der Waals surface area contributed by atoms with Crippen molar-refractivity contribution in [1.82, 2.24) is 0 Å². The zero-order valence-corrected chi connectivity index (χ0v) is 18.0. The predicted octanol–water partition coefficient (Wildman–Crippen LogP) is 6.06. The van der Waals surface area contributed by atoms with Gasteiger partial charge >= 0.3 is 15.4 Å². The van der Waals surface area contributed by atoms with Gasteiger partial charge < -0.3 is 0 Å². The summed E-state index contributed by atoms with van der Waals surface area (Å²) >= 11 is 22.6. The summed E-state index contributed by atoms with van der Waals surface area (Å²) in [5.74, 6) is -1.39. The van der Waals surface area contributed by atoms with Gasteiger partial charge in [0.15, 0.2) is 5.85 Å². The highest BCUT2D eigenvalue weighted by Gasteiger charge is 2.43. The summed E-state index contributed by atoms with van der Waals surface area (Å²) in [4.78, 5) is 0. The van der Waals surface area contributed by atoms with Gasteiger partial charge in [-0.1, -0.05) is 46.4 Å². The summed E-state index contributed by atoms with van der Waals surface area (Å²) in [5, 5.41) is 0. The molecule has 5 unspecified atom stereocenters. The number of halogens is 4. The number of phosphoric ester groups is 1. The lowest BCUT2D eigenvalue weighted by atomic mass is 10.9. The molecule has 0 N–H and O–H groups in total. The molecular formula is C10H20Cl4O7P2. The van der Waals surface area contributed by atoms with E-state index in [-0.39, 0.29) is 0 Å². The first-order chi connectivity index (χ1) is 10.3. The molecule has 0 aliphatic heterocycles. The minimum absolute atomic E-state index is 0.984. The Morgan fingerprint density at radius 2 is 0.913 bits per heavy atom. The largest absolute Gasteiger partial charge is 0.478 e. The summed E-state index contributed by atoms with van der Waals surface area (Å²) in [7, 11) is -8.26. The summed E-state index contributed by atoms with van der Waals surface area (Å²) < 4.78 is 50.4. The second kappa shape index (κ2) is 10.5. The molecule has 0 aromatic carbocycles. The summed E-state index contributed by atoms with van der Waals surface area (Å²) in [6.45, 7) is 6.88. The van der Waals surface area contributed by atoms with E-state index < -0.39 is 43.5 Å². The van der Waals surface area contributed by atoms with Gasteiger partial charge in [-0.15, -0.1) is 0 Å². The smallest absolute Gasteiger partial charge is 0.287 e. The molecule has 0 heterocycles. The van der Waals surface area contributed by atoms with Crippen LogP contribution in [0.4, 0.5) is 0 Å². The van der Waals surface area contributed by atoms with Gasteiger partial charge in [-0.3, -0.25) is 27.2 Å². The Hall–Kier alpha value is 1.42. The standard InChI is InChI=1S/C10H20Cl4O7P2/c1-6(11)17-22(15,18-7(2)12)10(5)21-23(16,19-8(3)13)20-9(4)14/h6-10H,1-5H3. The van der Waals surface area contributed by atoms with Crippen LogP contribution in [0.25, 0.3) is 0 Å². The molecule has 0 aliphatic carbocycles. The molecule has 7 nitrogen and oxygen atoms in total. The van der Waals surface area contributed by atoms with Gasteiger partial charge in [0.2, 0.25) is 0 Å². The third-order valence-corrected chi connectivity index (χ3v) is 6.82. The van der Waals surface area contributed by atoms with Crippen molar-refractivity contribution in [2.24, 2.45) is 0 Å². The molecule has 0 aromatic heterocycles. The van der Waals surface area contributed by atoms with Crippen LogP contribution in [0.15, 0.2) is 0 Å². The van der Waals surface area contributed by atoms with Crippen molar-refractivity contribution in [1.29, 1.82) is 0 Å². The molecule has 13 heteroatoms. The molecule has 5 atom stereocenters. The Bertz CT molecular complexity index is 419. The Morgan fingerprint density at radius 1 is 0.609 bits per heavy atom. The minimum Gasteiger partial charge on any atom is -0.287 e. The highest BCUT2D eigenvalue weighted by molar-refractivity contribution is 7.56. The van der Waals surface area contributed by atoms with Crippen LogP contribution in [-0.4, -0.2) is 28.1 Å². The number of hydrogen-bond acceptors (Lipinski definition) is 7. The Labute approximate surface area is 156 Å². The fourth-order valence-electron chi connectivity index (χ4n) is 1.28. The van der Waals surface area contributed by atoms with E-state index in [4.69, 9.17) is 69.0 Å². The maximum atomic E-state index is 12.7. The summed E-state index contributed by atoms with van der Waals surface area (Å²) in [6, 6.07) is 0. The van der Waals surface area contributed by atoms with E-state index in [1.807, 2.05) is 0 Å². The molecule has 0 saturated heterocycles. The first-order valence-corrected chi connectivity index (χ1v) is 11.3. The Kier molecular flexibility index (Phi) is 11.2. The quantitative estimate of drug-likeness (QED) is 0.277. The van der Waals surface area contributed by atoms with Crippen LogP contribution < -0.4 is 0 Å². The first kappa shape index (κ1) is 24.4. The van der Waals surface area contributed by atoms with Crippen molar-refractivity contribution >= 4 is 61.8 Å². The van der Waals surface area contributed by atoms with Crippen LogP contribution in [0, 0.1) is 0 Å². The lowest BCUT2D eigenvalue weighted by Crippen LogP contribution is -2.19. The topological polar surface area (TPSA) is 80.3 Å². The van der Waals surface area contributed by atoms with Crippen molar-refractivity contribution in [2.45, 2.75) is 62.7 Å². The van der Waals surface area contributed by atoms with E-state index in [1.165, 1.54) is 34.6 Å². The fraction of sp³-hybridized carbons (Fsp3) is 1.00. The monoisotopic (exact) mass is 454 g/mol. The van der Waals surface area contributed by atoms with Crippen LogP contribution in [0.5, 0.6) is 0 Å². The zero-order valence-electron chi connectivity index (χ0n) is 13.2. The van der Waals surface area contributed by atoms with E-state index in [0.717, 1.165) is 0 Å². The molecule has 0 aromatic rings. The minimum atomic E-state index is -4.25. The van der Waals surface area contributed by atoms with E-state index in [1.54, 1.807) is 0 Å². The van der Waals surface area contributed by atoms with E-state index >= 15 is 0 Å². The lowest BCUT2D eigenvalue weighted by molar-refractivity contribution is 0.0773. The molecule has 0 spiro atoms. The molecule has 0 rings (SSSR count). The van der Waals surface area contributed by atoms with Crippen LogP contribution in [0.3, 0.4) is 0 Å². The Morgan fingerprint density at radius 3 is 1.17 bits per heavy atom. The van der Waals surface area contributed by atoms with Gasteiger partial charge in [0.25, 0.3) is 0 Å². The van der Waals surface area contributed by atoms with Crippen molar-refractivity contribution in [2.75, 3.05) is 0 Å². The highest BCUT2D eigenvalue weighted by Crippen LogP contribution is 2.63. The normalized spacial score (nSPS) is 24.0. The van der Waals surface area contributed by atoms with Crippen molar-refractivity contribution in [3.8, 4) is 0 Å². The molecule has 23 heavy (non-hydrogen) atoms. The number of alkyl halides is 4. The molecule has 0 radical (unpaired) electrons. The third-order valence-electron chi connectivity index (χ3n) is 1.86. The second-order valence-electron chi connectivity index (χ2n) is 4.29. The van der Waals surface area contributed by atoms with Crippen LogP contribution in [-0.2, 0) is 31.7 Å². The van der Waals surface area contributed by atoms with E-state index in [0.29, 0.717) is 0 Å². The maximum Gasteiger partial charge on any atom is 0.478 e. The third kappa shape index (κ3) is 10.2. The number of rotatable bonds is 11. The second-order valence-corrected chi connectivity index (χ2v) is 10.5. The molecule has 140 valence electrons. The predicted molar refractivity (Wildman–Crippen MR) is 91.4 cm³/mol. The van der Waals surface area contributed by atoms with Crippen LogP contribution in [0.2, 0.25) is 0 Å². The molecule has 0 fully saturated rings. The van der Waals surface area contributed by atoms with Gasteiger partial charge in [0, 0.05) is 0 Å². The summed E-state index contributed by atoms with van der Waals surface area (Å²) in [5.41, 5.74) is -4.02. The first-order valence-electron chi connectivity index (χ1n) is 6.47. The Balaban J connectivity index is 5.34. The van der Waals surface area contributed by atoms with E-state index in [9.17, 15) is 9.13 Å². The van der Waals surface area contributed by atoms with Crippen molar-refractivity contribution in [3.63, 3.8) is 0 Å². The average molecular weight is 456 g/mol. The van der Waals surface area contributed by atoms with Crippen molar-refractivity contribution in [3.05, 3.63) is 0 Å². The van der Waals surface area contributed by atoms with Gasteiger partial charge in [0.05, 0.1) is 0 Å². The molecule has 0 aliphatic rings. The SMILES string of the molecule is CC(Cl)OP(=O)(OC(C)Cl)OC(C)P(=O)(OC(C)Cl)OC(C)Cl. The van der Waals surface area contributed by atoms with Crippen molar-refractivity contribution < 1.29 is 31.7 Å². The van der Waals surface area contributed by atoms with Gasteiger partial charge in [-0.05, 0) is 34.6 Å². The maximum absolute atomic E-state index is 12.7. The molecule has 0 saturated carbocycles. The fourth-order valence-corrected chi connectivity index (χ4v) is 5.77. The average Bonchev–Trinajstić information content (AvgIpc) is 2.22. The van der Waals surface area contributed by atoms with E-state index in [2.05, 4.69) is 0 Å². The molecular weight excluding hydrogens is 436 g/mol. The molecule has 0 amide bonds.